The normalized spacial score (nSPS) is 12.9. The van der Waals surface area contributed by atoms with Gasteiger partial charge in [0.2, 0.25) is 5.98 Å². The molecule has 32 heavy (non-hydrogen) atoms. The number of ether oxygens (including phenoxy) is 3. The van der Waals surface area contributed by atoms with Gasteiger partial charge in [-0.2, -0.15) is 0 Å². The van der Waals surface area contributed by atoms with Crippen molar-refractivity contribution in [2.24, 2.45) is 10.8 Å². The second-order valence-electron chi connectivity index (χ2n) is 8.84. The maximum atomic E-state index is 12.2. The molecule has 2 rings (SSSR count). The van der Waals surface area contributed by atoms with E-state index in [4.69, 9.17) is 24.5 Å². The lowest BCUT2D eigenvalue weighted by Crippen LogP contribution is -2.35. The van der Waals surface area contributed by atoms with E-state index in [-0.39, 0.29) is 12.4 Å². The Balaban J connectivity index is 1.97. The molecule has 2 heterocycles. The number of carbonyl (C=O) groups excluding carboxylic acids is 2. The average Bonchev–Trinajstić information content (AvgIpc) is 3.08. The number of hydrogen-bond acceptors (Lipinski definition) is 11. The minimum Gasteiger partial charge on any atom is -0.601 e. The summed E-state index contributed by atoms with van der Waals surface area (Å²) in [6.07, 6.45) is 2.86. The Hall–Kier alpha value is -2.66. The van der Waals surface area contributed by atoms with Crippen molar-refractivity contribution in [3.8, 4) is 0 Å². The van der Waals surface area contributed by atoms with Gasteiger partial charge >= 0.3 is 18.4 Å². The van der Waals surface area contributed by atoms with Crippen molar-refractivity contribution in [2.75, 3.05) is 12.3 Å². The summed E-state index contributed by atoms with van der Waals surface area (Å²) in [4.78, 5) is 48.7. The summed E-state index contributed by atoms with van der Waals surface area (Å²) in [6, 6.07) is 0. The van der Waals surface area contributed by atoms with Crippen LogP contribution in [0.2, 0.25) is 0 Å². The molecule has 0 aliphatic heterocycles. The Morgan fingerprint density at radius 3 is 2.28 bits per heavy atom. The Bertz CT molecular complexity index is 966. The zero-order chi connectivity index (χ0) is 24.1. The highest BCUT2D eigenvalue weighted by Gasteiger charge is 2.34. The minimum atomic E-state index is -2.58. The summed E-state index contributed by atoms with van der Waals surface area (Å²) >= 11 is 0. The largest absolute Gasteiger partial charge is 0.601 e. The summed E-state index contributed by atoms with van der Waals surface area (Å²) in [6.45, 7) is 8.35. The van der Waals surface area contributed by atoms with E-state index in [0.717, 1.165) is 5.98 Å². The molecular formula is C19H28N5O7P. The smallest absolute Gasteiger partial charge is 0.406 e. The van der Waals surface area contributed by atoms with Gasteiger partial charge in [0, 0.05) is 6.54 Å². The zero-order valence-corrected chi connectivity index (χ0v) is 19.8. The lowest BCUT2D eigenvalue weighted by atomic mass is 9.97. The molecule has 1 atom stereocenters. The zero-order valence-electron chi connectivity index (χ0n) is 18.9. The predicted octanol–water partition coefficient (Wildman–Crippen LogP) is 1.34. The Morgan fingerprint density at radius 1 is 1.12 bits per heavy atom. The van der Waals surface area contributed by atoms with Crippen LogP contribution >= 0.6 is 8.00 Å². The third-order valence-corrected chi connectivity index (χ3v) is 4.56. The van der Waals surface area contributed by atoms with Crippen LogP contribution in [0, 0.1) is 10.8 Å². The molecule has 0 fully saturated rings. The van der Waals surface area contributed by atoms with E-state index in [9.17, 15) is 14.5 Å². The first-order chi connectivity index (χ1) is 14.8. The van der Waals surface area contributed by atoms with Gasteiger partial charge in [0.05, 0.1) is 23.8 Å². The standard InChI is InChI=1S/C19H28N5O7P/c1-18(2,3)15(25)29-17(30-16(26)19(4,5)6)31-32(27)11-28-8-7-24-10-23-12-13(20)21-9-22-14(12)24/h9-11,17H,7-8H2,1-6H3,(H2,20,21,22). The maximum Gasteiger partial charge on any atom is 0.406 e. The van der Waals surface area contributed by atoms with E-state index in [0.29, 0.717) is 17.7 Å². The molecule has 0 radical (unpaired) electrons. The number of hydrogen-bond donors (Lipinski definition) is 1. The van der Waals surface area contributed by atoms with Gasteiger partial charge in [-0.25, -0.2) is 15.0 Å². The van der Waals surface area contributed by atoms with Crippen LogP contribution in [0.3, 0.4) is 0 Å². The number of imidazole rings is 1. The summed E-state index contributed by atoms with van der Waals surface area (Å²) in [5.74, 6) is -0.192. The van der Waals surface area contributed by atoms with Crippen LogP contribution in [0.4, 0.5) is 5.82 Å². The van der Waals surface area contributed by atoms with Crippen LogP contribution in [-0.2, 0) is 34.9 Å². The summed E-state index contributed by atoms with van der Waals surface area (Å²) in [5.41, 5.74) is 4.97. The van der Waals surface area contributed by atoms with Crippen LogP contribution in [0.15, 0.2) is 12.7 Å². The molecule has 0 amide bonds. The Morgan fingerprint density at radius 2 is 1.72 bits per heavy atom. The molecular weight excluding hydrogens is 441 g/mol. The lowest BCUT2D eigenvalue weighted by molar-refractivity contribution is -0.260. The number of rotatable bonds is 8. The number of esters is 2. The fourth-order valence-corrected chi connectivity index (χ4v) is 2.56. The molecule has 12 nitrogen and oxygen atoms in total. The van der Waals surface area contributed by atoms with Gasteiger partial charge in [0.1, 0.15) is 11.8 Å². The Kier molecular flexibility index (Phi) is 8.24. The molecule has 0 saturated carbocycles. The van der Waals surface area contributed by atoms with Crippen molar-refractivity contribution >= 4 is 42.9 Å². The van der Waals surface area contributed by atoms with Gasteiger partial charge < -0.3 is 29.4 Å². The van der Waals surface area contributed by atoms with Crippen LogP contribution in [0.1, 0.15) is 41.5 Å². The first-order valence-electron chi connectivity index (χ1n) is 9.70. The third-order valence-electron chi connectivity index (χ3n) is 3.86. The van der Waals surface area contributed by atoms with Gasteiger partial charge in [-0.15, -0.1) is 0 Å². The number of fused-ring (bicyclic) bond motifs is 1. The summed E-state index contributed by atoms with van der Waals surface area (Å²) in [7, 11) is -2.58. The third kappa shape index (κ3) is 7.20. The molecule has 2 aromatic heterocycles. The molecule has 0 aliphatic rings. The molecule has 0 bridgehead atoms. The number of carbonyl (C=O) groups is 2. The molecule has 0 spiro atoms. The average molecular weight is 469 g/mol. The molecule has 0 saturated heterocycles. The topological polar surface area (TPSA) is 164 Å². The van der Waals surface area contributed by atoms with Crippen molar-refractivity contribution in [1.29, 1.82) is 0 Å². The molecule has 0 aliphatic carbocycles. The van der Waals surface area contributed by atoms with Crippen LogP contribution in [0.5, 0.6) is 0 Å². The van der Waals surface area contributed by atoms with Crippen molar-refractivity contribution < 1.29 is 33.2 Å². The van der Waals surface area contributed by atoms with Gasteiger partial charge in [-0.3, -0.25) is 9.59 Å². The van der Waals surface area contributed by atoms with Crippen molar-refractivity contribution in [3.63, 3.8) is 0 Å². The minimum absolute atomic E-state index is 0.105. The monoisotopic (exact) mass is 469 g/mol. The van der Waals surface area contributed by atoms with Crippen LogP contribution < -0.4 is 10.6 Å². The first kappa shape index (κ1) is 25.6. The van der Waals surface area contributed by atoms with E-state index in [1.807, 2.05) is 0 Å². The van der Waals surface area contributed by atoms with E-state index in [1.165, 1.54) is 12.7 Å². The maximum absolute atomic E-state index is 12.2. The lowest BCUT2D eigenvalue weighted by Gasteiger charge is -2.23. The number of nitrogens with zero attached hydrogens (tertiary/aromatic N) is 4. The summed E-state index contributed by atoms with van der Waals surface area (Å²) in [5, 5.41) is 0. The quantitative estimate of drug-likeness (QED) is 0.257. The van der Waals surface area contributed by atoms with Crippen molar-refractivity contribution in [3.05, 3.63) is 12.7 Å². The van der Waals surface area contributed by atoms with Crippen LogP contribution in [0.25, 0.3) is 11.2 Å². The van der Waals surface area contributed by atoms with E-state index in [1.54, 1.807) is 46.1 Å². The second-order valence-corrected chi connectivity index (χ2v) is 9.83. The van der Waals surface area contributed by atoms with Crippen molar-refractivity contribution in [1.82, 2.24) is 19.5 Å². The van der Waals surface area contributed by atoms with E-state index >= 15 is 0 Å². The number of nitrogen functional groups attached to an aromatic ring is 1. The molecule has 176 valence electrons. The Labute approximate surface area is 186 Å². The molecule has 1 unspecified atom stereocenters. The molecule has 0 aromatic carbocycles. The van der Waals surface area contributed by atoms with E-state index < -0.39 is 37.2 Å². The first-order valence-corrected chi connectivity index (χ1v) is 11.0. The number of nitrogens with two attached hydrogens (primary N) is 1. The second kappa shape index (κ2) is 10.3. The van der Waals surface area contributed by atoms with Crippen LogP contribution in [-0.4, -0.2) is 50.5 Å². The van der Waals surface area contributed by atoms with Gasteiger partial charge in [-0.05, 0) is 41.5 Å². The number of aromatic nitrogens is 4. The molecule has 13 heteroatoms. The SMILES string of the molecule is CC(C)(C)C(=O)OC(OC(=O)C(C)(C)C)O[P+]([O-])=COCCn1cnc2c(N)ncnc21. The molecule has 2 N–H and O–H groups in total. The van der Waals surface area contributed by atoms with Gasteiger partial charge in [0.25, 0.3) is 8.00 Å². The fraction of sp³-hybridized carbons (Fsp3) is 0.579. The number of anilines is 1. The predicted molar refractivity (Wildman–Crippen MR) is 115 cm³/mol. The summed E-state index contributed by atoms with van der Waals surface area (Å²) < 4.78 is 22.2. The highest BCUT2D eigenvalue weighted by Crippen LogP contribution is 2.25. The van der Waals surface area contributed by atoms with Gasteiger partial charge in [0.15, 0.2) is 11.5 Å². The molecule has 2 aromatic rings. The highest BCUT2D eigenvalue weighted by molar-refractivity contribution is 7.44. The van der Waals surface area contributed by atoms with Gasteiger partial charge in [-0.1, -0.05) is 4.52 Å². The van der Waals surface area contributed by atoms with Crippen molar-refractivity contribution in [2.45, 2.75) is 54.6 Å². The fourth-order valence-electron chi connectivity index (χ4n) is 2.03. The van der Waals surface area contributed by atoms with E-state index in [2.05, 4.69) is 15.0 Å². The highest BCUT2D eigenvalue weighted by atomic mass is 31.1.